The van der Waals surface area contributed by atoms with Gasteiger partial charge in [-0.15, -0.1) is 11.3 Å². The minimum absolute atomic E-state index is 0.350. The smallest absolute Gasteiger partial charge is 0.347 e. The fourth-order valence-electron chi connectivity index (χ4n) is 1.88. The Morgan fingerprint density at radius 1 is 1.48 bits per heavy atom. The Kier molecular flexibility index (Phi) is 5.59. The zero-order valence-electron chi connectivity index (χ0n) is 11.6. The number of carbonyl (C=O) groups is 1. The van der Waals surface area contributed by atoms with Crippen molar-refractivity contribution in [3.63, 3.8) is 0 Å². The molecule has 0 aliphatic carbocycles. The molecule has 0 aliphatic heterocycles. The molecule has 0 saturated carbocycles. The van der Waals surface area contributed by atoms with Crippen LogP contribution in [0.4, 0.5) is 0 Å². The lowest BCUT2D eigenvalue weighted by atomic mass is 10.3. The molecule has 0 radical (unpaired) electrons. The Labute approximate surface area is 132 Å². The molecule has 1 N–H and O–H groups in total. The molecule has 6 heteroatoms. The van der Waals surface area contributed by atoms with Crippen molar-refractivity contribution in [2.75, 3.05) is 6.61 Å². The van der Waals surface area contributed by atoms with Crippen LogP contribution in [0.1, 0.15) is 33.7 Å². The van der Waals surface area contributed by atoms with E-state index in [4.69, 9.17) is 21.4 Å². The van der Waals surface area contributed by atoms with Gasteiger partial charge in [0, 0.05) is 11.4 Å². The van der Waals surface area contributed by atoms with Crippen LogP contribution in [0.2, 0.25) is 5.02 Å². The van der Waals surface area contributed by atoms with Gasteiger partial charge in [0.1, 0.15) is 10.6 Å². The molecule has 0 aliphatic rings. The van der Waals surface area contributed by atoms with E-state index in [0.717, 1.165) is 17.2 Å². The third-order valence-electron chi connectivity index (χ3n) is 2.87. The summed E-state index contributed by atoms with van der Waals surface area (Å²) in [5.74, 6) is -0.159. The minimum atomic E-state index is -0.897. The lowest BCUT2D eigenvalue weighted by Crippen LogP contribution is -1.99. The maximum Gasteiger partial charge on any atom is 0.347 e. The third-order valence-corrected chi connectivity index (χ3v) is 4.25. The summed E-state index contributed by atoms with van der Waals surface area (Å²) in [6, 6.07) is 7.25. The predicted molar refractivity (Wildman–Crippen MR) is 83.7 cm³/mol. The number of rotatable bonds is 7. The van der Waals surface area contributed by atoms with Gasteiger partial charge in [-0.2, -0.15) is 0 Å². The number of aryl methyl sites for hydroxylation is 2. The standard InChI is InChI=1S/C15H16ClNO3S/c1-2-12-14(15(18)19)21-13(17-12)7-4-8-20-11-6-3-5-10(16)9-11/h3,5-6,9H,2,4,7-8H2,1H3,(H,18,19). The summed E-state index contributed by atoms with van der Waals surface area (Å²) >= 11 is 7.13. The number of benzene rings is 1. The van der Waals surface area contributed by atoms with Gasteiger partial charge < -0.3 is 9.84 Å². The van der Waals surface area contributed by atoms with E-state index in [1.54, 1.807) is 12.1 Å². The van der Waals surface area contributed by atoms with Gasteiger partial charge in [0.2, 0.25) is 0 Å². The second-order valence-corrected chi connectivity index (χ2v) is 5.97. The minimum Gasteiger partial charge on any atom is -0.494 e. The highest BCUT2D eigenvalue weighted by Gasteiger charge is 2.15. The quantitative estimate of drug-likeness (QED) is 0.780. The van der Waals surface area contributed by atoms with E-state index in [2.05, 4.69) is 4.98 Å². The zero-order chi connectivity index (χ0) is 15.2. The van der Waals surface area contributed by atoms with Crippen LogP contribution in [0, 0.1) is 0 Å². The first kappa shape index (κ1) is 15.8. The molecule has 1 heterocycles. The van der Waals surface area contributed by atoms with Crippen molar-refractivity contribution in [2.24, 2.45) is 0 Å². The first-order chi connectivity index (χ1) is 10.1. The largest absolute Gasteiger partial charge is 0.494 e. The van der Waals surface area contributed by atoms with Gasteiger partial charge in [0.15, 0.2) is 0 Å². The summed E-state index contributed by atoms with van der Waals surface area (Å²) in [7, 11) is 0. The number of carboxylic acids is 1. The maximum absolute atomic E-state index is 11.1. The van der Waals surface area contributed by atoms with Crippen molar-refractivity contribution in [1.82, 2.24) is 4.98 Å². The summed E-state index contributed by atoms with van der Waals surface area (Å²) in [5.41, 5.74) is 0.665. The topological polar surface area (TPSA) is 59.4 Å². The summed E-state index contributed by atoms with van der Waals surface area (Å²) < 4.78 is 5.60. The second kappa shape index (κ2) is 7.43. The Morgan fingerprint density at radius 3 is 2.90 bits per heavy atom. The van der Waals surface area contributed by atoms with E-state index in [1.165, 1.54) is 11.3 Å². The van der Waals surface area contributed by atoms with E-state index < -0.39 is 5.97 Å². The van der Waals surface area contributed by atoms with Crippen LogP contribution < -0.4 is 4.74 Å². The molecule has 0 saturated heterocycles. The molecular formula is C15H16ClNO3S. The highest BCUT2D eigenvalue weighted by molar-refractivity contribution is 7.13. The first-order valence-corrected chi connectivity index (χ1v) is 7.90. The van der Waals surface area contributed by atoms with Gasteiger partial charge in [0.25, 0.3) is 0 Å². The van der Waals surface area contributed by atoms with Gasteiger partial charge in [0.05, 0.1) is 17.3 Å². The summed E-state index contributed by atoms with van der Waals surface area (Å²) in [6.07, 6.45) is 2.13. The third kappa shape index (κ3) is 4.44. The molecule has 2 rings (SSSR count). The van der Waals surface area contributed by atoms with Crippen LogP contribution in [-0.2, 0) is 12.8 Å². The number of carboxylic acid groups (broad SMARTS) is 1. The lowest BCUT2D eigenvalue weighted by molar-refractivity contribution is 0.0701. The predicted octanol–water partition coefficient (Wildman–Crippen LogP) is 4.07. The molecule has 0 bridgehead atoms. The Bertz CT molecular complexity index is 627. The average Bonchev–Trinajstić information content (AvgIpc) is 2.87. The van der Waals surface area contributed by atoms with Crippen LogP contribution in [0.25, 0.3) is 0 Å². The average molecular weight is 326 g/mol. The van der Waals surface area contributed by atoms with E-state index in [0.29, 0.717) is 35.0 Å². The molecule has 0 fully saturated rings. The molecule has 0 unspecified atom stereocenters. The van der Waals surface area contributed by atoms with Gasteiger partial charge in [-0.25, -0.2) is 9.78 Å². The van der Waals surface area contributed by atoms with Crippen molar-refractivity contribution < 1.29 is 14.6 Å². The number of halogens is 1. The van der Waals surface area contributed by atoms with Crippen LogP contribution in [0.3, 0.4) is 0 Å². The molecule has 1 aromatic heterocycles. The van der Waals surface area contributed by atoms with Crippen LogP contribution in [-0.4, -0.2) is 22.7 Å². The van der Waals surface area contributed by atoms with Crippen molar-refractivity contribution in [1.29, 1.82) is 0 Å². The summed E-state index contributed by atoms with van der Waals surface area (Å²) in [4.78, 5) is 15.8. The number of aromatic carboxylic acids is 1. The SMILES string of the molecule is CCc1nc(CCCOc2cccc(Cl)c2)sc1C(=O)O. The van der Waals surface area contributed by atoms with Crippen molar-refractivity contribution in [2.45, 2.75) is 26.2 Å². The van der Waals surface area contributed by atoms with Gasteiger partial charge >= 0.3 is 5.97 Å². The van der Waals surface area contributed by atoms with Crippen molar-refractivity contribution >= 4 is 28.9 Å². The summed E-state index contributed by atoms with van der Waals surface area (Å²) in [6.45, 7) is 2.46. The highest BCUT2D eigenvalue weighted by Crippen LogP contribution is 2.21. The maximum atomic E-state index is 11.1. The zero-order valence-corrected chi connectivity index (χ0v) is 13.2. The van der Waals surface area contributed by atoms with Crippen LogP contribution in [0.15, 0.2) is 24.3 Å². The number of aromatic nitrogens is 1. The fraction of sp³-hybridized carbons (Fsp3) is 0.333. The molecular weight excluding hydrogens is 310 g/mol. The van der Waals surface area contributed by atoms with Crippen LogP contribution in [0.5, 0.6) is 5.75 Å². The van der Waals surface area contributed by atoms with E-state index >= 15 is 0 Å². The summed E-state index contributed by atoms with van der Waals surface area (Å²) in [5, 5.41) is 10.6. The Balaban J connectivity index is 1.85. The van der Waals surface area contributed by atoms with Gasteiger partial charge in [-0.3, -0.25) is 0 Å². The number of ether oxygens (including phenoxy) is 1. The van der Waals surface area contributed by atoms with Gasteiger partial charge in [-0.05, 0) is 31.0 Å². The van der Waals surface area contributed by atoms with Crippen molar-refractivity contribution in [3.8, 4) is 5.75 Å². The Morgan fingerprint density at radius 2 is 2.29 bits per heavy atom. The molecule has 0 atom stereocenters. The number of nitrogens with zero attached hydrogens (tertiary/aromatic N) is 1. The molecule has 4 nitrogen and oxygen atoms in total. The van der Waals surface area contributed by atoms with Crippen molar-refractivity contribution in [3.05, 3.63) is 44.9 Å². The first-order valence-electron chi connectivity index (χ1n) is 6.70. The molecule has 2 aromatic rings. The molecule has 21 heavy (non-hydrogen) atoms. The van der Waals surface area contributed by atoms with Gasteiger partial charge in [-0.1, -0.05) is 24.6 Å². The normalized spacial score (nSPS) is 10.6. The molecule has 0 spiro atoms. The molecule has 1 aromatic carbocycles. The van der Waals surface area contributed by atoms with E-state index in [-0.39, 0.29) is 0 Å². The van der Waals surface area contributed by atoms with E-state index in [9.17, 15) is 4.79 Å². The highest BCUT2D eigenvalue weighted by atomic mass is 35.5. The number of thiazole rings is 1. The monoisotopic (exact) mass is 325 g/mol. The van der Waals surface area contributed by atoms with E-state index in [1.807, 2.05) is 19.1 Å². The van der Waals surface area contributed by atoms with Crippen LogP contribution >= 0.6 is 22.9 Å². The Hall–Kier alpha value is -1.59. The number of hydrogen-bond acceptors (Lipinski definition) is 4. The number of hydrogen-bond donors (Lipinski definition) is 1. The second-order valence-electron chi connectivity index (χ2n) is 4.45. The molecule has 0 amide bonds. The lowest BCUT2D eigenvalue weighted by Gasteiger charge is -2.05. The molecule has 112 valence electrons. The fourth-order valence-corrected chi connectivity index (χ4v) is 3.10.